The molecule has 116 valence electrons. The Morgan fingerprint density at radius 2 is 2.14 bits per heavy atom. The van der Waals surface area contributed by atoms with E-state index >= 15 is 0 Å². The summed E-state index contributed by atoms with van der Waals surface area (Å²) in [6.07, 6.45) is 0.339. The number of carbonyl (C=O) groups is 1. The van der Waals surface area contributed by atoms with Crippen LogP contribution in [0.25, 0.3) is 0 Å². The van der Waals surface area contributed by atoms with Crippen molar-refractivity contribution in [3.05, 3.63) is 28.3 Å². The highest BCUT2D eigenvalue weighted by Gasteiger charge is 2.14. The van der Waals surface area contributed by atoms with Gasteiger partial charge in [0.05, 0.1) is 12.0 Å². The summed E-state index contributed by atoms with van der Waals surface area (Å²) in [5, 5.41) is 16.6. The van der Waals surface area contributed by atoms with Gasteiger partial charge in [-0.3, -0.25) is 14.9 Å². The number of carbonyl (C=O) groups excluding carboxylic acids is 1. The quantitative estimate of drug-likeness (QED) is 0.566. The molecule has 0 unspecified atom stereocenters. The molecule has 0 aromatic heterocycles. The standard InChI is InChI=1S/C14H21N3O4/c1-10(2)9-16-14(18)6-7-15-11-4-5-12(17(19)20)13(8-11)21-3/h4-5,8,10,15H,6-7,9H2,1-3H3,(H,16,18). The fourth-order valence-corrected chi connectivity index (χ4v) is 1.67. The van der Waals surface area contributed by atoms with Crippen LogP contribution in [0.2, 0.25) is 0 Å². The zero-order valence-corrected chi connectivity index (χ0v) is 12.5. The van der Waals surface area contributed by atoms with Gasteiger partial charge in [-0.05, 0) is 12.0 Å². The van der Waals surface area contributed by atoms with Crippen LogP contribution in [0.3, 0.4) is 0 Å². The van der Waals surface area contributed by atoms with Gasteiger partial charge in [-0.25, -0.2) is 0 Å². The second kappa shape index (κ2) is 8.08. The Labute approximate surface area is 123 Å². The minimum atomic E-state index is -0.498. The number of rotatable bonds is 8. The molecule has 0 spiro atoms. The van der Waals surface area contributed by atoms with Crippen LogP contribution in [0, 0.1) is 16.0 Å². The van der Waals surface area contributed by atoms with E-state index in [1.807, 2.05) is 13.8 Å². The Hall–Kier alpha value is -2.31. The average molecular weight is 295 g/mol. The van der Waals surface area contributed by atoms with Gasteiger partial charge in [0.15, 0.2) is 5.75 Å². The molecule has 0 bridgehead atoms. The molecular weight excluding hydrogens is 274 g/mol. The number of methoxy groups -OCH3 is 1. The largest absolute Gasteiger partial charge is 0.490 e. The molecule has 2 N–H and O–H groups in total. The van der Waals surface area contributed by atoms with Gasteiger partial charge < -0.3 is 15.4 Å². The lowest BCUT2D eigenvalue weighted by atomic mass is 10.2. The number of anilines is 1. The summed E-state index contributed by atoms with van der Waals surface area (Å²) in [6.45, 7) is 5.17. The molecule has 21 heavy (non-hydrogen) atoms. The van der Waals surface area contributed by atoms with E-state index in [2.05, 4.69) is 10.6 Å². The number of amides is 1. The van der Waals surface area contributed by atoms with Crippen molar-refractivity contribution in [1.82, 2.24) is 5.32 Å². The van der Waals surface area contributed by atoms with Gasteiger partial charge >= 0.3 is 5.69 Å². The van der Waals surface area contributed by atoms with Crippen LogP contribution in [-0.4, -0.2) is 31.0 Å². The minimum Gasteiger partial charge on any atom is -0.490 e. The molecule has 0 aliphatic rings. The number of nitrogens with one attached hydrogen (secondary N) is 2. The molecule has 1 amide bonds. The first-order valence-electron chi connectivity index (χ1n) is 6.77. The van der Waals surface area contributed by atoms with Crippen molar-refractivity contribution in [3.8, 4) is 5.75 Å². The van der Waals surface area contributed by atoms with E-state index in [1.54, 1.807) is 12.1 Å². The van der Waals surface area contributed by atoms with Crippen molar-refractivity contribution in [2.24, 2.45) is 5.92 Å². The number of ether oxygens (including phenoxy) is 1. The summed E-state index contributed by atoms with van der Waals surface area (Å²) < 4.78 is 4.98. The van der Waals surface area contributed by atoms with Crippen molar-refractivity contribution >= 4 is 17.3 Å². The molecule has 1 aromatic carbocycles. The lowest BCUT2D eigenvalue weighted by Gasteiger charge is -2.10. The molecule has 0 aliphatic carbocycles. The highest BCUT2D eigenvalue weighted by molar-refractivity contribution is 5.76. The summed E-state index contributed by atoms with van der Waals surface area (Å²) in [6, 6.07) is 4.51. The maximum absolute atomic E-state index is 11.5. The Bertz CT molecular complexity index is 503. The first-order chi connectivity index (χ1) is 9.93. The van der Waals surface area contributed by atoms with Gasteiger partial charge in [-0.15, -0.1) is 0 Å². The third-order valence-electron chi connectivity index (χ3n) is 2.77. The molecule has 1 rings (SSSR count). The van der Waals surface area contributed by atoms with Crippen LogP contribution >= 0.6 is 0 Å². The molecular formula is C14H21N3O4. The Balaban J connectivity index is 2.49. The van der Waals surface area contributed by atoms with E-state index in [9.17, 15) is 14.9 Å². The zero-order valence-electron chi connectivity index (χ0n) is 12.5. The molecule has 0 fully saturated rings. The van der Waals surface area contributed by atoms with Gasteiger partial charge in [0.2, 0.25) is 5.91 Å². The summed E-state index contributed by atoms with van der Waals surface area (Å²) in [5.74, 6) is 0.583. The first-order valence-corrected chi connectivity index (χ1v) is 6.77. The smallest absolute Gasteiger partial charge is 0.311 e. The van der Waals surface area contributed by atoms with Crippen molar-refractivity contribution in [1.29, 1.82) is 0 Å². The summed E-state index contributed by atoms with van der Waals surface area (Å²) >= 11 is 0. The van der Waals surface area contributed by atoms with Gasteiger partial charge in [0.25, 0.3) is 0 Å². The van der Waals surface area contributed by atoms with E-state index in [0.717, 1.165) is 0 Å². The number of hydrogen-bond donors (Lipinski definition) is 2. The number of benzene rings is 1. The predicted octanol–water partition coefficient (Wildman–Crippen LogP) is 2.18. The third kappa shape index (κ3) is 5.68. The van der Waals surface area contributed by atoms with Crippen LogP contribution in [0.5, 0.6) is 5.75 Å². The van der Waals surface area contributed by atoms with Crippen molar-refractivity contribution in [3.63, 3.8) is 0 Å². The van der Waals surface area contributed by atoms with Crippen LogP contribution in [0.4, 0.5) is 11.4 Å². The third-order valence-corrected chi connectivity index (χ3v) is 2.77. The first kappa shape index (κ1) is 16.7. The van der Waals surface area contributed by atoms with Crippen LogP contribution in [-0.2, 0) is 4.79 Å². The summed E-state index contributed by atoms with van der Waals surface area (Å²) in [4.78, 5) is 21.8. The van der Waals surface area contributed by atoms with Gasteiger partial charge in [0, 0.05) is 37.3 Å². The van der Waals surface area contributed by atoms with E-state index in [1.165, 1.54) is 13.2 Å². The second-order valence-corrected chi connectivity index (χ2v) is 5.02. The van der Waals surface area contributed by atoms with E-state index in [-0.39, 0.29) is 17.3 Å². The molecule has 0 radical (unpaired) electrons. The van der Waals surface area contributed by atoms with Crippen LogP contribution in [0.1, 0.15) is 20.3 Å². The average Bonchev–Trinajstić information content (AvgIpc) is 2.44. The molecule has 7 nitrogen and oxygen atoms in total. The Morgan fingerprint density at radius 1 is 1.43 bits per heavy atom. The van der Waals surface area contributed by atoms with E-state index in [4.69, 9.17) is 4.74 Å². The summed E-state index contributed by atoms with van der Waals surface area (Å²) in [7, 11) is 1.38. The van der Waals surface area contributed by atoms with Crippen molar-refractivity contribution in [2.75, 3.05) is 25.5 Å². The monoisotopic (exact) mass is 295 g/mol. The number of nitro groups is 1. The lowest BCUT2D eigenvalue weighted by molar-refractivity contribution is -0.385. The highest BCUT2D eigenvalue weighted by atomic mass is 16.6. The minimum absolute atomic E-state index is 0.0231. The second-order valence-electron chi connectivity index (χ2n) is 5.02. The van der Waals surface area contributed by atoms with Crippen molar-refractivity contribution in [2.45, 2.75) is 20.3 Å². The molecule has 0 saturated heterocycles. The topological polar surface area (TPSA) is 93.5 Å². The summed E-state index contributed by atoms with van der Waals surface area (Å²) in [5.41, 5.74) is 0.590. The number of hydrogen-bond acceptors (Lipinski definition) is 5. The molecule has 0 aliphatic heterocycles. The van der Waals surface area contributed by atoms with Crippen LogP contribution in [0.15, 0.2) is 18.2 Å². The number of nitro benzene ring substituents is 1. The van der Waals surface area contributed by atoms with E-state index < -0.39 is 4.92 Å². The molecule has 0 heterocycles. The normalized spacial score (nSPS) is 10.3. The SMILES string of the molecule is COc1cc(NCCC(=O)NCC(C)C)ccc1[N+](=O)[O-]. The Morgan fingerprint density at radius 3 is 2.71 bits per heavy atom. The fraction of sp³-hybridized carbons (Fsp3) is 0.500. The lowest BCUT2D eigenvalue weighted by Crippen LogP contribution is -2.28. The van der Waals surface area contributed by atoms with Gasteiger partial charge in [-0.2, -0.15) is 0 Å². The predicted molar refractivity (Wildman–Crippen MR) is 80.6 cm³/mol. The number of nitrogens with zero attached hydrogens (tertiary/aromatic N) is 1. The maximum atomic E-state index is 11.5. The van der Waals surface area contributed by atoms with Crippen LogP contribution < -0.4 is 15.4 Å². The van der Waals surface area contributed by atoms with Gasteiger partial charge in [0.1, 0.15) is 0 Å². The molecule has 0 atom stereocenters. The van der Waals surface area contributed by atoms with Gasteiger partial charge in [-0.1, -0.05) is 13.8 Å². The van der Waals surface area contributed by atoms with E-state index in [0.29, 0.717) is 31.1 Å². The fourth-order valence-electron chi connectivity index (χ4n) is 1.67. The molecule has 0 saturated carbocycles. The molecule has 1 aromatic rings. The molecule has 7 heteroatoms. The highest BCUT2D eigenvalue weighted by Crippen LogP contribution is 2.29. The van der Waals surface area contributed by atoms with Crippen molar-refractivity contribution < 1.29 is 14.5 Å². The zero-order chi connectivity index (χ0) is 15.8. The maximum Gasteiger partial charge on any atom is 0.311 e. The Kier molecular flexibility index (Phi) is 6.45.